The van der Waals surface area contributed by atoms with Gasteiger partial charge in [-0.3, -0.25) is 10.1 Å². The van der Waals surface area contributed by atoms with Crippen molar-refractivity contribution >= 4 is 64.0 Å². The van der Waals surface area contributed by atoms with E-state index in [0.29, 0.717) is 10.7 Å². The van der Waals surface area contributed by atoms with Crippen molar-refractivity contribution in [3.05, 3.63) is 57.0 Å². The van der Waals surface area contributed by atoms with Gasteiger partial charge in [0.2, 0.25) is 0 Å². The van der Waals surface area contributed by atoms with E-state index < -0.39 is 6.03 Å². The second kappa shape index (κ2) is 7.53. The molecule has 3 amide bonds. The van der Waals surface area contributed by atoms with Crippen molar-refractivity contribution in [2.24, 2.45) is 5.10 Å². The molecule has 0 bridgehead atoms. The molecule has 0 aromatic heterocycles. The first kappa shape index (κ1) is 18.5. The van der Waals surface area contributed by atoms with Crippen molar-refractivity contribution in [2.75, 3.05) is 10.3 Å². The van der Waals surface area contributed by atoms with Crippen molar-refractivity contribution in [1.29, 1.82) is 0 Å². The van der Waals surface area contributed by atoms with Gasteiger partial charge >= 0.3 is 6.03 Å². The number of carbonyl (C=O) groups excluding carboxylic acids is 2. The molecular formula is C17H13Cl3N4O2. The Labute approximate surface area is 164 Å². The van der Waals surface area contributed by atoms with Crippen LogP contribution in [-0.2, 0) is 4.79 Å². The fraction of sp³-hybridized carbons (Fsp3) is 0.118. The van der Waals surface area contributed by atoms with E-state index in [-0.39, 0.29) is 33.9 Å². The number of amidine groups is 1. The van der Waals surface area contributed by atoms with E-state index in [9.17, 15) is 9.59 Å². The van der Waals surface area contributed by atoms with E-state index in [1.165, 1.54) is 12.1 Å². The van der Waals surface area contributed by atoms with Gasteiger partial charge in [0, 0.05) is 10.7 Å². The van der Waals surface area contributed by atoms with Gasteiger partial charge in [0.05, 0.1) is 16.5 Å². The lowest BCUT2D eigenvalue weighted by molar-refractivity contribution is -0.116. The molecule has 0 unspecified atom stereocenters. The first-order valence-electron chi connectivity index (χ1n) is 7.53. The number of anilines is 2. The Morgan fingerprint density at radius 1 is 1.08 bits per heavy atom. The standard InChI is InChI=1S/C17H13Cl3N4O2/c1-9-2-4-11(5-3-9)21-17(26)22-14-8-15(25)24(23-14)16-12(19)6-10(18)7-13(16)20/h2-7H,8H2,1H3,(H2,21,22,23,26). The summed E-state index contributed by atoms with van der Waals surface area (Å²) in [5.74, 6) is -0.191. The van der Waals surface area contributed by atoms with Gasteiger partial charge in [-0.2, -0.15) is 10.1 Å². The van der Waals surface area contributed by atoms with E-state index in [1.807, 2.05) is 19.1 Å². The van der Waals surface area contributed by atoms with Crippen LogP contribution in [-0.4, -0.2) is 17.8 Å². The Bertz CT molecular complexity index is 890. The van der Waals surface area contributed by atoms with Crippen LogP contribution >= 0.6 is 34.8 Å². The molecule has 1 heterocycles. The maximum Gasteiger partial charge on any atom is 0.324 e. The molecule has 6 nitrogen and oxygen atoms in total. The van der Waals surface area contributed by atoms with Gasteiger partial charge in [-0.05, 0) is 31.2 Å². The highest BCUT2D eigenvalue weighted by Crippen LogP contribution is 2.38. The second-order valence-corrected chi connectivity index (χ2v) is 6.84. The highest BCUT2D eigenvalue weighted by Gasteiger charge is 2.29. The number of carbonyl (C=O) groups is 2. The average Bonchev–Trinajstić information content (AvgIpc) is 2.88. The van der Waals surface area contributed by atoms with Gasteiger partial charge in [-0.1, -0.05) is 52.5 Å². The van der Waals surface area contributed by atoms with Crippen molar-refractivity contribution in [3.8, 4) is 0 Å². The van der Waals surface area contributed by atoms with E-state index >= 15 is 0 Å². The maximum absolute atomic E-state index is 12.2. The number of hydrogen-bond donors (Lipinski definition) is 2. The van der Waals surface area contributed by atoms with Gasteiger partial charge in [0.1, 0.15) is 11.5 Å². The molecule has 0 fully saturated rings. The smallest absolute Gasteiger partial charge is 0.308 e. The first-order valence-corrected chi connectivity index (χ1v) is 8.66. The molecule has 0 radical (unpaired) electrons. The summed E-state index contributed by atoms with van der Waals surface area (Å²) >= 11 is 18.1. The minimum Gasteiger partial charge on any atom is -0.308 e. The predicted octanol–water partition coefficient (Wildman–Crippen LogP) is 4.83. The largest absolute Gasteiger partial charge is 0.324 e. The Kier molecular flexibility index (Phi) is 5.36. The van der Waals surface area contributed by atoms with Crippen LogP contribution in [0.25, 0.3) is 0 Å². The summed E-state index contributed by atoms with van der Waals surface area (Å²) in [6.45, 7) is 1.95. The lowest BCUT2D eigenvalue weighted by Crippen LogP contribution is -2.33. The number of hydrazone groups is 1. The van der Waals surface area contributed by atoms with Crippen LogP contribution in [0.1, 0.15) is 12.0 Å². The SMILES string of the molecule is Cc1ccc(NC(=O)NC2=NN(c3c(Cl)cc(Cl)cc3Cl)C(=O)C2)cc1. The molecule has 26 heavy (non-hydrogen) atoms. The van der Waals surface area contributed by atoms with Crippen molar-refractivity contribution in [3.63, 3.8) is 0 Å². The Hall–Kier alpha value is -2.28. The molecule has 0 aliphatic carbocycles. The van der Waals surface area contributed by atoms with Crippen molar-refractivity contribution in [2.45, 2.75) is 13.3 Å². The third kappa shape index (κ3) is 4.09. The van der Waals surface area contributed by atoms with Gasteiger partial charge in [-0.15, -0.1) is 0 Å². The highest BCUT2D eigenvalue weighted by atomic mass is 35.5. The van der Waals surface area contributed by atoms with Crippen LogP contribution in [0.4, 0.5) is 16.2 Å². The molecule has 1 aliphatic heterocycles. The Morgan fingerprint density at radius 3 is 2.31 bits per heavy atom. The summed E-state index contributed by atoms with van der Waals surface area (Å²) < 4.78 is 0. The fourth-order valence-corrected chi connectivity index (χ4v) is 3.32. The Morgan fingerprint density at radius 2 is 1.69 bits per heavy atom. The topological polar surface area (TPSA) is 73.8 Å². The zero-order valence-corrected chi connectivity index (χ0v) is 15.8. The van der Waals surface area contributed by atoms with Crippen molar-refractivity contribution in [1.82, 2.24) is 5.32 Å². The number of halogens is 3. The van der Waals surface area contributed by atoms with Crippen LogP contribution in [0.3, 0.4) is 0 Å². The molecule has 0 atom stereocenters. The fourth-order valence-electron chi connectivity index (χ4n) is 2.34. The lowest BCUT2D eigenvalue weighted by Gasteiger charge is -2.15. The summed E-state index contributed by atoms with van der Waals surface area (Å²) in [6.07, 6.45) is -0.0867. The molecule has 2 N–H and O–H groups in total. The van der Waals surface area contributed by atoms with Crippen molar-refractivity contribution < 1.29 is 9.59 Å². The molecule has 0 saturated heterocycles. The van der Waals surface area contributed by atoms with Crippen LogP contribution in [0.15, 0.2) is 41.5 Å². The van der Waals surface area contributed by atoms with Crippen LogP contribution < -0.4 is 15.6 Å². The van der Waals surface area contributed by atoms with Crippen LogP contribution in [0.5, 0.6) is 0 Å². The number of rotatable bonds is 2. The monoisotopic (exact) mass is 410 g/mol. The molecule has 2 aromatic rings. The number of aryl methyl sites for hydroxylation is 1. The minimum absolute atomic E-state index is 0.0867. The number of nitrogens with one attached hydrogen (secondary N) is 2. The number of nitrogens with zero attached hydrogens (tertiary/aromatic N) is 2. The number of benzene rings is 2. The zero-order chi connectivity index (χ0) is 18.8. The summed E-state index contributed by atoms with van der Waals surface area (Å²) in [5, 5.41) is 11.1. The normalized spacial score (nSPS) is 13.6. The van der Waals surface area contributed by atoms with E-state index in [0.717, 1.165) is 10.6 Å². The second-order valence-electron chi connectivity index (χ2n) is 5.59. The maximum atomic E-state index is 12.2. The average molecular weight is 412 g/mol. The Balaban J connectivity index is 1.74. The molecular weight excluding hydrogens is 399 g/mol. The van der Waals surface area contributed by atoms with Gasteiger partial charge in [-0.25, -0.2) is 4.79 Å². The third-order valence-electron chi connectivity index (χ3n) is 3.54. The van der Waals surface area contributed by atoms with Gasteiger partial charge in [0.15, 0.2) is 0 Å². The summed E-state index contributed by atoms with van der Waals surface area (Å²) in [4.78, 5) is 24.3. The number of hydrogen-bond acceptors (Lipinski definition) is 3. The summed E-state index contributed by atoms with van der Waals surface area (Å²) in [7, 11) is 0. The first-order chi connectivity index (χ1) is 12.3. The summed E-state index contributed by atoms with van der Waals surface area (Å²) in [6, 6.07) is 9.71. The molecule has 9 heteroatoms. The molecule has 3 rings (SSSR count). The minimum atomic E-state index is -0.504. The number of amides is 3. The molecule has 0 saturated carbocycles. The van der Waals surface area contributed by atoms with E-state index in [4.69, 9.17) is 34.8 Å². The third-order valence-corrected chi connectivity index (χ3v) is 4.33. The van der Waals surface area contributed by atoms with Crippen LogP contribution in [0, 0.1) is 6.92 Å². The number of urea groups is 1. The van der Waals surface area contributed by atoms with Gasteiger partial charge in [0.25, 0.3) is 5.91 Å². The lowest BCUT2D eigenvalue weighted by atomic mass is 10.2. The summed E-state index contributed by atoms with van der Waals surface area (Å²) in [5.41, 5.74) is 1.92. The molecule has 134 valence electrons. The highest BCUT2D eigenvalue weighted by molar-refractivity contribution is 6.42. The zero-order valence-electron chi connectivity index (χ0n) is 13.5. The van der Waals surface area contributed by atoms with Crippen LogP contribution in [0.2, 0.25) is 15.1 Å². The predicted molar refractivity (Wildman–Crippen MR) is 104 cm³/mol. The van der Waals surface area contributed by atoms with E-state index in [1.54, 1.807) is 12.1 Å². The van der Waals surface area contributed by atoms with E-state index in [2.05, 4.69) is 15.7 Å². The molecule has 1 aliphatic rings. The molecule has 0 spiro atoms. The van der Waals surface area contributed by atoms with Gasteiger partial charge < -0.3 is 5.32 Å². The molecule has 2 aromatic carbocycles. The quantitative estimate of drug-likeness (QED) is 0.743.